The van der Waals surface area contributed by atoms with Gasteiger partial charge in [-0.3, -0.25) is 4.79 Å². The molecule has 70 valence electrons. The van der Waals surface area contributed by atoms with Crippen LogP contribution in [-0.4, -0.2) is 24.6 Å². The van der Waals surface area contributed by atoms with Gasteiger partial charge in [-0.15, -0.1) is 0 Å². The Morgan fingerprint density at radius 1 is 1.46 bits per heavy atom. The van der Waals surface area contributed by atoms with Gasteiger partial charge in [0.25, 0.3) is 0 Å². The molecule has 1 heterocycles. The van der Waals surface area contributed by atoms with Crippen LogP contribution in [0.3, 0.4) is 0 Å². The molecule has 0 saturated carbocycles. The number of carbonyl (C=O) groups is 2. The minimum atomic E-state index is -0.567. The predicted octanol–water partition coefficient (Wildman–Crippen LogP) is -1.05. The molecule has 0 amide bonds. The van der Waals surface area contributed by atoms with E-state index in [2.05, 4.69) is 9.73 Å². The number of esters is 1. The van der Waals surface area contributed by atoms with Crippen molar-refractivity contribution < 1.29 is 19.3 Å². The molecule has 0 unspecified atom stereocenters. The summed E-state index contributed by atoms with van der Waals surface area (Å²) < 4.78 is 4.50. The number of hydrogen-bond acceptors (Lipinski definition) is 3. The van der Waals surface area contributed by atoms with Gasteiger partial charge in [-0.05, 0) is 0 Å². The highest BCUT2D eigenvalue weighted by Crippen LogP contribution is 2.07. The molecule has 1 aliphatic heterocycles. The Balaban J connectivity index is 3.11. The number of carbonyl (C=O) groups excluding carboxylic acids is 2. The van der Waals surface area contributed by atoms with Crippen LogP contribution in [0.1, 0.15) is 20.3 Å². The summed E-state index contributed by atoms with van der Waals surface area (Å²) in [7, 11) is 1.26. The van der Waals surface area contributed by atoms with E-state index in [1.165, 1.54) is 7.11 Å². The van der Waals surface area contributed by atoms with Crippen LogP contribution in [0, 0.1) is 0 Å². The standard InChI is InChI=1S/C9H11NO3/c1-5-4-7(11)8(6(2)10-5)9(12)13-3/h4H2,1-3H3/p+1. The molecule has 0 aromatic heterocycles. The number of hydrogen-bond donors (Lipinski definition) is 1. The zero-order valence-electron chi connectivity index (χ0n) is 7.93. The summed E-state index contributed by atoms with van der Waals surface area (Å²) in [6.07, 6.45) is 0.266. The fraction of sp³-hybridized carbons (Fsp3) is 0.444. The van der Waals surface area contributed by atoms with Crippen LogP contribution < -0.4 is 4.99 Å². The Morgan fingerprint density at radius 2 is 2.08 bits per heavy atom. The molecular weight excluding hydrogens is 170 g/mol. The van der Waals surface area contributed by atoms with Gasteiger partial charge in [0.1, 0.15) is 0 Å². The topological polar surface area (TPSA) is 57.3 Å². The van der Waals surface area contributed by atoms with E-state index in [0.29, 0.717) is 5.70 Å². The summed E-state index contributed by atoms with van der Waals surface area (Å²) in [5.41, 5.74) is 1.56. The van der Waals surface area contributed by atoms with E-state index in [1.807, 2.05) is 6.92 Å². The smallest absolute Gasteiger partial charge is 0.347 e. The van der Waals surface area contributed by atoms with Gasteiger partial charge in [-0.1, -0.05) is 0 Å². The van der Waals surface area contributed by atoms with Crippen LogP contribution in [0.15, 0.2) is 11.3 Å². The lowest BCUT2D eigenvalue weighted by Crippen LogP contribution is -2.72. The Kier molecular flexibility index (Phi) is 2.60. The van der Waals surface area contributed by atoms with Gasteiger partial charge in [0.05, 0.1) is 13.5 Å². The third kappa shape index (κ3) is 1.83. The number of ketones is 1. The van der Waals surface area contributed by atoms with Gasteiger partial charge in [-0.2, -0.15) is 0 Å². The largest absolute Gasteiger partial charge is 0.465 e. The molecule has 1 rings (SSSR count). The molecule has 0 aromatic rings. The van der Waals surface area contributed by atoms with E-state index in [4.69, 9.17) is 0 Å². The highest BCUT2D eigenvalue weighted by Gasteiger charge is 2.30. The Hall–Kier alpha value is -1.45. The molecule has 0 saturated heterocycles. The van der Waals surface area contributed by atoms with Gasteiger partial charge >= 0.3 is 5.97 Å². The Bertz CT molecular complexity index is 316. The van der Waals surface area contributed by atoms with Crippen molar-refractivity contribution in [2.24, 2.45) is 0 Å². The average Bonchev–Trinajstić information content (AvgIpc) is 2.02. The summed E-state index contributed by atoms with van der Waals surface area (Å²) in [6.45, 7) is 3.50. The number of ether oxygens (including phenoxy) is 1. The fourth-order valence-corrected chi connectivity index (χ4v) is 1.33. The number of methoxy groups -OCH3 is 1. The fourth-order valence-electron chi connectivity index (χ4n) is 1.33. The highest BCUT2D eigenvalue weighted by atomic mass is 16.5. The first-order valence-electron chi connectivity index (χ1n) is 3.98. The molecule has 1 aliphatic rings. The van der Waals surface area contributed by atoms with E-state index >= 15 is 0 Å². The number of nitrogens with one attached hydrogen (secondary N) is 1. The molecular formula is C9H12NO3+. The maximum Gasteiger partial charge on any atom is 0.347 e. The van der Waals surface area contributed by atoms with Crippen molar-refractivity contribution in [1.29, 1.82) is 0 Å². The quantitative estimate of drug-likeness (QED) is 0.416. The Labute approximate surface area is 76.3 Å². The van der Waals surface area contributed by atoms with Crippen LogP contribution >= 0.6 is 0 Å². The first kappa shape index (κ1) is 9.64. The lowest BCUT2D eigenvalue weighted by Gasteiger charge is -2.06. The maximum absolute atomic E-state index is 11.4. The third-order valence-corrected chi connectivity index (χ3v) is 1.87. The minimum Gasteiger partial charge on any atom is -0.465 e. The maximum atomic E-state index is 11.4. The van der Waals surface area contributed by atoms with E-state index in [1.54, 1.807) is 6.92 Å². The molecule has 0 fully saturated rings. The molecule has 0 spiro atoms. The van der Waals surface area contributed by atoms with Crippen molar-refractivity contribution in [2.45, 2.75) is 20.3 Å². The van der Waals surface area contributed by atoms with Gasteiger partial charge in [-0.25, -0.2) is 9.79 Å². The van der Waals surface area contributed by atoms with Crippen LogP contribution in [-0.2, 0) is 14.3 Å². The molecule has 13 heavy (non-hydrogen) atoms. The third-order valence-electron chi connectivity index (χ3n) is 1.87. The second-order valence-electron chi connectivity index (χ2n) is 3.00. The molecule has 0 radical (unpaired) electrons. The average molecular weight is 182 g/mol. The predicted molar refractivity (Wildman–Crippen MR) is 46.0 cm³/mol. The van der Waals surface area contributed by atoms with E-state index in [9.17, 15) is 9.59 Å². The van der Waals surface area contributed by atoms with Crippen LogP contribution in [0.5, 0.6) is 0 Å². The van der Waals surface area contributed by atoms with Gasteiger partial charge in [0.15, 0.2) is 22.8 Å². The molecule has 0 bridgehead atoms. The Morgan fingerprint density at radius 3 is 2.54 bits per heavy atom. The molecule has 4 heteroatoms. The summed E-state index contributed by atoms with van der Waals surface area (Å²) >= 11 is 0. The van der Waals surface area contributed by atoms with Crippen molar-refractivity contribution in [3.05, 3.63) is 11.3 Å². The van der Waals surface area contributed by atoms with E-state index in [-0.39, 0.29) is 17.8 Å². The molecule has 4 nitrogen and oxygen atoms in total. The van der Waals surface area contributed by atoms with Crippen LogP contribution in [0.2, 0.25) is 0 Å². The zero-order chi connectivity index (χ0) is 10.0. The van der Waals surface area contributed by atoms with Crippen LogP contribution in [0.25, 0.3) is 0 Å². The van der Waals surface area contributed by atoms with Gasteiger partial charge in [0, 0.05) is 13.8 Å². The molecule has 0 atom stereocenters. The molecule has 0 aromatic carbocycles. The van der Waals surface area contributed by atoms with E-state index in [0.717, 1.165) is 5.71 Å². The molecule has 1 N–H and O–H groups in total. The van der Waals surface area contributed by atoms with Crippen molar-refractivity contribution in [1.82, 2.24) is 0 Å². The number of Topliss-reactive ketones (excluding diaryl/α,β-unsaturated/α-hetero) is 1. The second-order valence-corrected chi connectivity index (χ2v) is 3.00. The van der Waals surface area contributed by atoms with Gasteiger partial charge < -0.3 is 4.74 Å². The van der Waals surface area contributed by atoms with Crippen molar-refractivity contribution >= 4 is 17.5 Å². The van der Waals surface area contributed by atoms with Crippen LogP contribution in [0.4, 0.5) is 0 Å². The summed E-state index contributed by atoms with van der Waals surface area (Å²) in [4.78, 5) is 25.5. The van der Waals surface area contributed by atoms with Crippen molar-refractivity contribution in [3.63, 3.8) is 0 Å². The zero-order valence-corrected chi connectivity index (χ0v) is 7.93. The SMILES string of the molecule is COC(=O)C1=C(C)[NH+]=C(C)CC1=O. The lowest BCUT2D eigenvalue weighted by molar-refractivity contribution is -0.400. The van der Waals surface area contributed by atoms with Crippen molar-refractivity contribution in [2.75, 3.05) is 7.11 Å². The highest BCUT2D eigenvalue weighted by molar-refractivity contribution is 6.22. The summed E-state index contributed by atoms with van der Waals surface area (Å²) in [6, 6.07) is 0. The minimum absolute atomic E-state index is 0.133. The summed E-state index contributed by atoms with van der Waals surface area (Å²) in [5.74, 6) is -0.747. The normalized spacial score (nSPS) is 17.2. The lowest BCUT2D eigenvalue weighted by atomic mass is 10.0. The first-order valence-corrected chi connectivity index (χ1v) is 3.98. The summed E-state index contributed by atoms with van der Waals surface area (Å²) in [5, 5.41) is 0. The van der Waals surface area contributed by atoms with Gasteiger partial charge in [0.2, 0.25) is 0 Å². The monoisotopic (exact) mass is 182 g/mol. The molecule has 0 aliphatic carbocycles. The second kappa shape index (κ2) is 3.51. The van der Waals surface area contributed by atoms with Crippen molar-refractivity contribution in [3.8, 4) is 0 Å². The number of allylic oxidation sites excluding steroid dienone is 1. The first-order chi connectivity index (χ1) is 6.06. The number of rotatable bonds is 1. The van der Waals surface area contributed by atoms with E-state index < -0.39 is 5.97 Å².